The first-order chi connectivity index (χ1) is 9.29. The fourth-order valence-corrected chi connectivity index (χ4v) is 2.19. The zero-order valence-corrected chi connectivity index (χ0v) is 12.0. The molecule has 0 radical (unpaired) electrons. The summed E-state index contributed by atoms with van der Waals surface area (Å²) in [5.41, 5.74) is -1.42. The van der Waals surface area contributed by atoms with Crippen LogP contribution in [-0.2, 0) is 6.18 Å². The van der Waals surface area contributed by atoms with Gasteiger partial charge in [0, 0.05) is 31.2 Å². The molecule has 8 heteroatoms. The van der Waals surface area contributed by atoms with Gasteiger partial charge < -0.3 is 10.2 Å². The number of hydrogen-bond acceptors (Lipinski definition) is 2. The average molecular weight is 327 g/mol. The van der Waals surface area contributed by atoms with Crippen LogP contribution in [0, 0.1) is 5.82 Å². The van der Waals surface area contributed by atoms with Gasteiger partial charge in [-0.2, -0.15) is 13.2 Å². The summed E-state index contributed by atoms with van der Waals surface area (Å²) < 4.78 is 51.2. The molecule has 1 aromatic rings. The van der Waals surface area contributed by atoms with Crippen LogP contribution in [0.4, 0.5) is 17.6 Å². The molecule has 0 aliphatic carbocycles. The van der Waals surface area contributed by atoms with E-state index in [1.165, 1.54) is 4.90 Å². The second-order valence-corrected chi connectivity index (χ2v) is 4.78. The minimum Gasteiger partial charge on any atom is -0.333 e. The molecule has 1 aromatic carbocycles. The number of alkyl halides is 3. The molecular formula is C13H15ClF4N2O. The van der Waals surface area contributed by atoms with Crippen molar-refractivity contribution in [2.24, 2.45) is 0 Å². The summed E-state index contributed by atoms with van der Waals surface area (Å²) in [5, 5.41) is 3.07. The summed E-state index contributed by atoms with van der Waals surface area (Å²) in [6.45, 7) is 3.30. The van der Waals surface area contributed by atoms with Crippen LogP contribution in [0.2, 0.25) is 0 Å². The fourth-order valence-electron chi connectivity index (χ4n) is 2.19. The molecule has 0 unspecified atom stereocenters. The van der Waals surface area contributed by atoms with Crippen molar-refractivity contribution in [3.63, 3.8) is 0 Å². The van der Waals surface area contributed by atoms with Crippen LogP contribution in [-0.4, -0.2) is 36.5 Å². The summed E-state index contributed by atoms with van der Waals surface area (Å²) in [4.78, 5) is 13.7. The Morgan fingerprint density at radius 1 is 1.33 bits per heavy atom. The molecule has 0 saturated carbocycles. The van der Waals surface area contributed by atoms with Crippen molar-refractivity contribution < 1.29 is 22.4 Å². The highest BCUT2D eigenvalue weighted by Gasteiger charge is 2.33. The van der Waals surface area contributed by atoms with Crippen molar-refractivity contribution in [1.29, 1.82) is 0 Å². The highest BCUT2D eigenvalue weighted by molar-refractivity contribution is 5.94. The Morgan fingerprint density at radius 3 is 2.57 bits per heavy atom. The van der Waals surface area contributed by atoms with E-state index in [9.17, 15) is 22.4 Å². The first-order valence-electron chi connectivity index (χ1n) is 6.18. The molecule has 0 aromatic heterocycles. The van der Waals surface area contributed by atoms with E-state index in [2.05, 4.69) is 5.32 Å². The maximum atomic E-state index is 13.3. The summed E-state index contributed by atoms with van der Waals surface area (Å²) in [6, 6.07) is 1.78. The lowest BCUT2D eigenvalue weighted by atomic mass is 10.1. The minimum absolute atomic E-state index is 0. The average Bonchev–Trinajstić information content (AvgIpc) is 2.37. The van der Waals surface area contributed by atoms with E-state index in [1.54, 1.807) is 6.92 Å². The number of amides is 1. The van der Waals surface area contributed by atoms with Crippen LogP contribution in [0.1, 0.15) is 22.8 Å². The number of nitrogens with zero attached hydrogens (tertiary/aromatic N) is 1. The molecule has 1 amide bonds. The van der Waals surface area contributed by atoms with Crippen LogP contribution in [0.3, 0.4) is 0 Å². The van der Waals surface area contributed by atoms with Gasteiger partial charge in [0.05, 0.1) is 5.56 Å². The second kappa shape index (κ2) is 6.62. The Balaban J connectivity index is 0.00000220. The summed E-state index contributed by atoms with van der Waals surface area (Å²) in [7, 11) is 0. The van der Waals surface area contributed by atoms with Crippen LogP contribution in [0.25, 0.3) is 0 Å². The Bertz CT molecular complexity index is 521. The number of piperazine rings is 1. The lowest BCUT2D eigenvalue weighted by Gasteiger charge is -2.34. The maximum Gasteiger partial charge on any atom is 0.416 e. The van der Waals surface area contributed by atoms with Gasteiger partial charge in [0.15, 0.2) is 0 Å². The summed E-state index contributed by atoms with van der Waals surface area (Å²) >= 11 is 0. The summed E-state index contributed by atoms with van der Waals surface area (Å²) in [5.74, 6) is -1.64. The predicted molar refractivity (Wildman–Crippen MR) is 72.0 cm³/mol. The standard InChI is InChI=1S/C13H14F4N2O.ClH/c1-8-7-18-2-3-19(8)12(20)9-4-10(13(15,16)17)6-11(14)5-9;/h4-6,8,18H,2-3,7H2,1H3;1H/t8-;/m0./s1. The van der Waals surface area contributed by atoms with Crippen molar-refractivity contribution in [3.05, 3.63) is 35.1 Å². The van der Waals surface area contributed by atoms with Gasteiger partial charge in [0.2, 0.25) is 0 Å². The molecule has 1 aliphatic heterocycles. The van der Waals surface area contributed by atoms with E-state index >= 15 is 0 Å². The maximum absolute atomic E-state index is 13.3. The van der Waals surface area contributed by atoms with Gasteiger partial charge >= 0.3 is 6.18 Å². The van der Waals surface area contributed by atoms with E-state index < -0.39 is 23.5 Å². The third-order valence-electron chi connectivity index (χ3n) is 3.23. The third kappa shape index (κ3) is 4.07. The Labute approximate surface area is 125 Å². The predicted octanol–water partition coefficient (Wildman–Crippen LogP) is 2.70. The van der Waals surface area contributed by atoms with E-state index in [0.717, 1.165) is 6.07 Å². The lowest BCUT2D eigenvalue weighted by Crippen LogP contribution is -2.52. The first kappa shape index (κ1) is 17.7. The minimum atomic E-state index is -4.67. The van der Waals surface area contributed by atoms with Gasteiger partial charge in [0.25, 0.3) is 5.91 Å². The monoisotopic (exact) mass is 326 g/mol. The van der Waals surface area contributed by atoms with Gasteiger partial charge in [-0.05, 0) is 25.1 Å². The molecule has 1 aliphatic rings. The molecule has 1 heterocycles. The molecule has 1 saturated heterocycles. The normalized spacial score (nSPS) is 19.1. The van der Waals surface area contributed by atoms with E-state index in [1.807, 2.05) is 0 Å². The van der Waals surface area contributed by atoms with E-state index in [4.69, 9.17) is 0 Å². The number of rotatable bonds is 1. The number of nitrogens with one attached hydrogen (secondary N) is 1. The van der Waals surface area contributed by atoms with Crippen molar-refractivity contribution in [3.8, 4) is 0 Å². The van der Waals surface area contributed by atoms with Gasteiger partial charge in [-0.3, -0.25) is 4.79 Å². The van der Waals surface area contributed by atoms with Crippen LogP contribution in [0.5, 0.6) is 0 Å². The number of hydrogen-bond donors (Lipinski definition) is 1. The topological polar surface area (TPSA) is 32.3 Å². The molecule has 0 spiro atoms. The molecular weight excluding hydrogens is 312 g/mol. The fraction of sp³-hybridized carbons (Fsp3) is 0.462. The molecule has 0 bridgehead atoms. The Kier molecular flexibility index (Phi) is 5.58. The van der Waals surface area contributed by atoms with Crippen molar-refractivity contribution >= 4 is 18.3 Å². The molecule has 1 N–H and O–H groups in total. The zero-order valence-electron chi connectivity index (χ0n) is 11.2. The van der Waals surface area contributed by atoms with Crippen LogP contribution < -0.4 is 5.32 Å². The van der Waals surface area contributed by atoms with Gasteiger partial charge in [-0.15, -0.1) is 12.4 Å². The zero-order chi connectivity index (χ0) is 14.9. The molecule has 2 rings (SSSR count). The van der Waals surface area contributed by atoms with Crippen LogP contribution >= 0.6 is 12.4 Å². The lowest BCUT2D eigenvalue weighted by molar-refractivity contribution is -0.137. The smallest absolute Gasteiger partial charge is 0.333 e. The van der Waals surface area contributed by atoms with Crippen LogP contribution in [0.15, 0.2) is 18.2 Å². The van der Waals surface area contributed by atoms with E-state index in [-0.39, 0.29) is 24.0 Å². The second-order valence-electron chi connectivity index (χ2n) is 4.78. The highest BCUT2D eigenvalue weighted by Crippen LogP contribution is 2.30. The molecule has 1 atom stereocenters. The van der Waals surface area contributed by atoms with Gasteiger partial charge in [0.1, 0.15) is 5.82 Å². The number of carbonyl (C=O) groups excluding carboxylic acids is 1. The molecule has 118 valence electrons. The molecule has 3 nitrogen and oxygen atoms in total. The van der Waals surface area contributed by atoms with Crippen molar-refractivity contribution in [2.75, 3.05) is 19.6 Å². The Morgan fingerprint density at radius 2 is 2.00 bits per heavy atom. The Hall–Kier alpha value is -1.34. The van der Waals surface area contributed by atoms with Crippen molar-refractivity contribution in [2.45, 2.75) is 19.1 Å². The van der Waals surface area contributed by atoms with Gasteiger partial charge in [-0.25, -0.2) is 4.39 Å². The van der Waals surface area contributed by atoms with Gasteiger partial charge in [-0.1, -0.05) is 0 Å². The largest absolute Gasteiger partial charge is 0.416 e. The van der Waals surface area contributed by atoms with Crippen molar-refractivity contribution in [1.82, 2.24) is 10.2 Å². The number of halogens is 5. The number of benzene rings is 1. The quantitative estimate of drug-likeness (QED) is 0.805. The SMILES string of the molecule is C[C@H]1CNCCN1C(=O)c1cc(F)cc(C(F)(F)F)c1.Cl. The molecule has 1 fully saturated rings. The third-order valence-corrected chi connectivity index (χ3v) is 3.23. The summed E-state index contributed by atoms with van der Waals surface area (Å²) in [6.07, 6.45) is -4.67. The highest BCUT2D eigenvalue weighted by atomic mass is 35.5. The molecule has 21 heavy (non-hydrogen) atoms. The number of carbonyl (C=O) groups is 1. The van der Waals surface area contributed by atoms with E-state index in [0.29, 0.717) is 31.8 Å². The first-order valence-corrected chi connectivity index (χ1v) is 6.18.